The average Bonchev–Trinajstić information content (AvgIpc) is 3.41. The summed E-state index contributed by atoms with van der Waals surface area (Å²) in [6.07, 6.45) is 0. The molecule has 1 N–H and O–H groups in total. The molecule has 2 aromatic heterocycles. The number of fused-ring (bicyclic) bond motifs is 9. The number of hydrogen-bond acceptors (Lipinski definition) is 0. The van der Waals surface area contributed by atoms with Crippen LogP contribution >= 0.6 is 0 Å². The second-order valence-corrected chi connectivity index (χ2v) is 9.14. The van der Waals surface area contributed by atoms with Crippen LogP contribution in [-0.4, -0.2) is 9.55 Å². The molecule has 0 aliphatic carbocycles. The Hall–Kier alpha value is -4.56. The quantitative estimate of drug-likeness (QED) is 0.268. The van der Waals surface area contributed by atoms with Crippen molar-refractivity contribution in [3.63, 3.8) is 0 Å². The fraction of sp³-hybridized carbons (Fsp3) is 0. The highest BCUT2D eigenvalue weighted by atomic mass is 15.0. The Bertz CT molecular complexity index is 2060. The smallest absolute Gasteiger partial charge is 0.0619 e. The Labute approximate surface area is 195 Å². The Kier molecular flexibility index (Phi) is 3.42. The molecule has 0 saturated carbocycles. The van der Waals surface area contributed by atoms with Gasteiger partial charge in [-0.15, -0.1) is 0 Å². The molecule has 0 amide bonds. The van der Waals surface area contributed by atoms with Gasteiger partial charge in [-0.1, -0.05) is 78.9 Å². The lowest BCUT2D eigenvalue weighted by Crippen LogP contribution is -1.93. The van der Waals surface area contributed by atoms with E-state index in [9.17, 15) is 0 Å². The molecule has 0 aliphatic heterocycles. The van der Waals surface area contributed by atoms with Gasteiger partial charge in [-0.25, -0.2) is 0 Å². The predicted octanol–water partition coefficient (Wildman–Crippen LogP) is 8.72. The van der Waals surface area contributed by atoms with Gasteiger partial charge in [-0.3, -0.25) is 0 Å². The highest BCUT2D eigenvalue weighted by Gasteiger charge is 2.17. The maximum absolute atomic E-state index is 3.71. The SMILES string of the molecule is c1ccc(-n2c3cc4[nH]c5cc6ccccc6cc5c4cc3c3ccc4ccccc4c32)cc1. The minimum Gasteiger partial charge on any atom is -0.354 e. The van der Waals surface area contributed by atoms with Crippen molar-refractivity contribution in [2.24, 2.45) is 0 Å². The first-order chi connectivity index (χ1) is 16.8. The van der Waals surface area contributed by atoms with E-state index >= 15 is 0 Å². The van der Waals surface area contributed by atoms with Crippen molar-refractivity contribution in [2.45, 2.75) is 0 Å². The van der Waals surface area contributed by atoms with Crippen LogP contribution in [0.5, 0.6) is 0 Å². The Balaban J connectivity index is 1.59. The second-order valence-electron chi connectivity index (χ2n) is 9.14. The van der Waals surface area contributed by atoms with Gasteiger partial charge >= 0.3 is 0 Å². The number of hydrogen-bond donors (Lipinski definition) is 1. The fourth-order valence-corrected chi connectivity index (χ4v) is 5.71. The van der Waals surface area contributed by atoms with Gasteiger partial charge in [0.2, 0.25) is 0 Å². The van der Waals surface area contributed by atoms with Gasteiger partial charge < -0.3 is 9.55 Å². The normalized spacial score (nSPS) is 12.1. The molecule has 2 heteroatoms. The number of aromatic amines is 1. The van der Waals surface area contributed by atoms with Crippen LogP contribution in [0.3, 0.4) is 0 Å². The van der Waals surface area contributed by atoms with Gasteiger partial charge in [0.1, 0.15) is 0 Å². The van der Waals surface area contributed by atoms with Gasteiger partial charge in [-0.05, 0) is 52.6 Å². The summed E-state index contributed by atoms with van der Waals surface area (Å²) in [6, 6.07) is 41.8. The monoisotopic (exact) mass is 432 g/mol. The molecular formula is C32H20N2. The number of rotatable bonds is 1. The van der Waals surface area contributed by atoms with Crippen LogP contribution in [0.25, 0.3) is 70.8 Å². The zero-order valence-electron chi connectivity index (χ0n) is 18.4. The summed E-state index contributed by atoms with van der Waals surface area (Å²) >= 11 is 0. The van der Waals surface area contributed by atoms with Gasteiger partial charge in [0, 0.05) is 43.7 Å². The second kappa shape index (κ2) is 6.49. The molecule has 0 atom stereocenters. The van der Waals surface area contributed by atoms with E-state index in [1.807, 2.05) is 0 Å². The van der Waals surface area contributed by atoms with Crippen LogP contribution in [0.4, 0.5) is 0 Å². The number of aromatic nitrogens is 2. The van der Waals surface area contributed by atoms with Crippen LogP contribution in [0.1, 0.15) is 0 Å². The van der Waals surface area contributed by atoms with Gasteiger partial charge in [0.05, 0.1) is 11.0 Å². The molecule has 0 radical (unpaired) electrons. The lowest BCUT2D eigenvalue weighted by molar-refractivity contribution is 1.19. The first kappa shape index (κ1) is 17.9. The maximum atomic E-state index is 3.71. The van der Waals surface area contributed by atoms with Crippen LogP contribution in [0, 0.1) is 0 Å². The molecule has 8 rings (SSSR count). The van der Waals surface area contributed by atoms with Crippen molar-refractivity contribution in [2.75, 3.05) is 0 Å². The van der Waals surface area contributed by atoms with Crippen molar-refractivity contribution in [1.29, 1.82) is 0 Å². The maximum Gasteiger partial charge on any atom is 0.0619 e. The molecule has 2 heterocycles. The number of nitrogens with zero attached hydrogens (tertiary/aromatic N) is 1. The Morgan fingerprint density at radius 1 is 0.441 bits per heavy atom. The Morgan fingerprint density at radius 2 is 1.12 bits per heavy atom. The molecule has 6 aromatic carbocycles. The number of nitrogens with one attached hydrogen (secondary N) is 1. The first-order valence-electron chi connectivity index (χ1n) is 11.7. The predicted molar refractivity (Wildman–Crippen MR) is 145 cm³/mol. The molecule has 8 aromatic rings. The first-order valence-corrected chi connectivity index (χ1v) is 11.7. The molecule has 0 bridgehead atoms. The molecule has 0 saturated heterocycles. The molecule has 0 spiro atoms. The third-order valence-electron chi connectivity index (χ3n) is 7.25. The molecule has 2 nitrogen and oxygen atoms in total. The zero-order valence-corrected chi connectivity index (χ0v) is 18.4. The van der Waals surface area contributed by atoms with Crippen molar-refractivity contribution in [1.82, 2.24) is 9.55 Å². The summed E-state index contributed by atoms with van der Waals surface area (Å²) in [6.45, 7) is 0. The zero-order chi connectivity index (χ0) is 22.2. The highest BCUT2D eigenvalue weighted by molar-refractivity contribution is 6.23. The van der Waals surface area contributed by atoms with Gasteiger partial charge in [-0.2, -0.15) is 0 Å². The minimum atomic E-state index is 1.17. The van der Waals surface area contributed by atoms with Crippen LogP contribution in [0.2, 0.25) is 0 Å². The lowest BCUT2D eigenvalue weighted by atomic mass is 10.0. The molecule has 158 valence electrons. The van der Waals surface area contributed by atoms with Gasteiger partial charge in [0.15, 0.2) is 0 Å². The Morgan fingerprint density at radius 3 is 1.97 bits per heavy atom. The fourth-order valence-electron chi connectivity index (χ4n) is 5.71. The number of benzene rings is 6. The van der Waals surface area contributed by atoms with E-state index in [2.05, 4.69) is 125 Å². The molecule has 0 aliphatic rings. The van der Waals surface area contributed by atoms with E-state index < -0.39 is 0 Å². The summed E-state index contributed by atoms with van der Waals surface area (Å²) in [7, 11) is 0. The van der Waals surface area contributed by atoms with Gasteiger partial charge in [0.25, 0.3) is 0 Å². The van der Waals surface area contributed by atoms with Crippen LogP contribution < -0.4 is 0 Å². The molecule has 0 fully saturated rings. The molecule has 0 unspecified atom stereocenters. The number of para-hydroxylation sites is 1. The third kappa shape index (κ3) is 2.35. The number of H-pyrrole nitrogens is 1. The van der Waals surface area contributed by atoms with E-state index in [1.54, 1.807) is 0 Å². The summed E-state index contributed by atoms with van der Waals surface area (Å²) in [5, 5.41) is 10.2. The van der Waals surface area contributed by atoms with Crippen LogP contribution in [0.15, 0.2) is 115 Å². The van der Waals surface area contributed by atoms with Crippen molar-refractivity contribution in [3.05, 3.63) is 115 Å². The van der Waals surface area contributed by atoms with Crippen molar-refractivity contribution < 1.29 is 0 Å². The lowest BCUT2D eigenvalue weighted by Gasteiger charge is -2.09. The average molecular weight is 433 g/mol. The van der Waals surface area contributed by atoms with Crippen molar-refractivity contribution >= 4 is 65.2 Å². The molecule has 34 heavy (non-hydrogen) atoms. The highest BCUT2D eigenvalue weighted by Crippen LogP contribution is 2.40. The topological polar surface area (TPSA) is 20.7 Å². The van der Waals surface area contributed by atoms with E-state index in [4.69, 9.17) is 0 Å². The molecular weight excluding hydrogens is 412 g/mol. The summed E-state index contributed by atoms with van der Waals surface area (Å²) in [4.78, 5) is 3.71. The van der Waals surface area contributed by atoms with Crippen molar-refractivity contribution in [3.8, 4) is 5.69 Å². The largest absolute Gasteiger partial charge is 0.354 e. The standard InChI is InChI=1S/C32H20N2/c1-2-11-23(12-3-1)34-31-19-30-27(26-16-21-9-4-5-10-22(21)17-29(26)33-30)18-28(31)25-15-14-20-8-6-7-13-24(20)32(25)34/h1-19,33H. The van der Waals surface area contributed by atoms with Crippen LogP contribution in [-0.2, 0) is 0 Å². The van der Waals surface area contributed by atoms with E-state index in [1.165, 1.54) is 70.8 Å². The minimum absolute atomic E-state index is 1.17. The van der Waals surface area contributed by atoms with E-state index in [0.29, 0.717) is 0 Å². The third-order valence-corrected chi connectivity index (χ3v) is 7.25. The summed E-state index contributed by atoms with van der Waals surface area (Å²) < 4.78 is 2.43. The van der Waals surface area contributed by atoms with E-state index in [-0.39, 0.29) is 0 Å². The van der Waals surface area contributed by atoms with E-state index in [0.717, 1.165) is 0 Å². The summed E-state index contributed by atoms with van der Waals surface area (Å²) in [5.74, 6) is 0. The summed E-state index contributed by atoms with van der Waals surface area (Å²) in [5.41, 5.74) is 6.02.